The zero-order valence-corrected chi connectivity index (χ0v) is 29.7. The first kappa shape index (κ1) is 36.2. The van der Waals surface area contributed by atoms with Gasteiger partial charge in [-0.05, 0) is 85.1 Å². The molecule has 0 N–H and O–H groups in total. The molecule has 15 heteroatoms. The first-order chi connectivity index (χ1) is 23.1. The zero-order valence-electron chi connectivity index (χ0n) is 27.2. The molecule has 0 fully saturated rings. The Morgan fingerprint density at radius 3 is 2.31 bits per heavy atom. The van der Waals surface area contributed by atoms with Gasteiger partial charge < -0.3 is 33.2 Å². The van der Waals surface area contributed by atoms with Gasteiger partial charge in [0, 0.05) is 0 Å². The molecule has 2 aromatic carbocycles. The summed E-state index contributed by atoms with van der Waals surface area (Å²) in [4.78, 5) is 56.0. The van der Waals surface area contributed by atoms with Crippen molar-refractivity contribution in [2.45, 2.75) is 33.7 Å². The molecule has 0 spiro atoms. The number of benzene rings is 2. The Hall–Kier alpha value is -4.63. The van der Waals surface area contributed by atoms with Gasteiger partial charge in [0.1, 0.15) is 0 Å². The van der Waals surface area contributed by atoms with Crippen molar-refractivity contribution < 1.29 is 47.5 Å². The summed E-state index contributed by atoms with van der Waals surface area (Å²) in [6, 6.07) is 7.41. The lowest BCUT2D eigenvalue weighted by molar-refractivity contribution is -0.145. The van der Waals surface area contributed by atoms with Crippen LogP contribution in [-0.2, 0) is 28.6 Å². The van der Waals surface area contributed by atoms with Crippen LogP contribution in [0, 0.1) is 0 Å². The first-order valence-corrected chi connectivity index (χ1v) is 16.5. The van der Waals surface area contributed by atoms with Gasteiger partial charge in [0.15, 0.2) is 41.0 Å². The van der Waals surface area contributed by atoms with E-state index in [0.717, 1.165) is 11.3 Å². The number of hydrogen-bond acceptors (Lipinski definition) is 13. The van der Waals surface area contributed by atoms with Crippen molar-refractivity contribution >= 4 is 51.3 Å². The number of aromatic nitrogens is 1. The fraction of sp³-hybridized carbons (Fsp3) is 0.364. The highest BCUT2D eigenvalue weighted by atomic mass is 79.9. The molecule has 0 aliphatic carbocycles. The van der Waals surface area contributed by atoms with Crippen LogP contribution in [0.3, 0.4) is 0 Å². The lowest BCUT2D eigenvalue weighted by Crippen LogP contribution is -2.40. The molecule has 0 bridgehead atoms. The SMILES string of the molecule is CCOC(=O)COc1c(Br)cc(/C=c2\sc3n(c2=O)[C@@H](c2ccc(OCC(=O)OC)c(OCC)c2)C(C(=O)OCC)=C(C)N=3)cc1OC. The highest BCUT2D eigenvalue weighted by molar-refractivity contribution is 9.10. The third kappa shape index (κ3) is 8.08. The third-order valence-corrected chi connectivity index (χ3v) is 8.43. The standard InChI is InChI=1S/C33H35BrN2O11S/c1-7-43-23-15-20(10-11-22(23)46-16-26(37)42-6)29-28(32(40)45-9-3)18(4)35-33-36(29)31(39)25(48-33)14-19-12-21(34)30(24(13-19)41-5)47-17-27(38)44-8-2/h10-15,29H,7-9,16-17H2,1-6H3/b25-14-/t29-/m0/s1. The number of fused-ring (bicyclic) bond motifs is 1. The maximum absolute atomic E-state index is 14.1. The van der Waals surface area contributed by atoms with Crippen molar-refractivity contribution in [2.75, 3.05) is 47.3 Å². The fourth-order valence-corrected chi connectivity index (χ4v) is 6.45. The second-order valence-electron chi connectivity index (χ2n) is 9.93. The molecule has 0 unspecified atom stereocenters. The number of carbonyl (C=O) groups is 3. The van der Waals surface area contributed by atoms with Crippen LogP contribution in [0.1, 0.15) is 44.9 Å². The summed E-state index contributed by atoms with van der Waals surface area (Å²) in [7, 11) is 2.71. The molecular formula is C33H35BrN2O11S. The molecule has 256 valence electrons. The number of methoxy groups -OCH3 is 2. The van der Waals surface area contributed by atoms with Crippen molar-refractivity contribution in [1.29, 1.82) is 0 Å². The summed E-state index contributed by atoms with van der Waals surface area (Å²) in [5.41, 5.74) is 1.30. The van der Waals surface area contributed by atoms with Crippen molar-refractivity contribution in [3.8, 4) is 23.0 Å². The van der Waals surface area contributed by atoms with Crippen LogP contribution in [0.2, 0.25) is 0 Å². The molecule has 1 aliphatic rings. The minimum Gasteiger partial charge on any atom is -0.493 e. The lowest BCUT2D eigenvalue weighted by atomic mass is 9.95. The van der Waals surface area contributed by atoms with E-state index in [2.05, 4.69) is 25.7 Å². The smallest absolute Gasteiger partial charge is 0.344 e. The second-order valence-corrected chi connectivity index (χ2v) is 11.8. The van der Waals surface area contributed by atoms with E-state index in [9.17, 15) is 19.2 Å². The Morgan fingerprint density at radius 2 is 1.65 bits per heavy atom. The van der Waals surface area contributed by atoms with Gasteiger partial charge in [-0.25, -0.2) is 19.4 Å². The molecule has 1 aliphatic heterocycles. The number of nitrogens with zero attached hydrogens (tertiary/aromatic N) is 2. The summed E-state index contributed by atoms with van der Waals surface area (Å²) < 4.78 is 39.8. The number of thiazole rings is 1. The fourth-order valence-electron chi connectivity index (χ4n) is 4.83. The van der Waals surface area contributed by atoms with Gasteiger partial charge in [-0.2, -0.15) is 0 Å². The van der Waals surface area contributed by atoms with E-state index in [-0.39, 0.29) is 44.4 Å². The normalized spacial score (nSPS) is 14.1. The third-order valence-electron chi connectivity index (χ3n) is 6.86. The van der Waals surface area contributed by atoms with E-state index in [1.165, 1.54) is 18.8 Å². The average Bonchev–Trinajstić information content (AvgIpc) is 3.36. The minimum atomic E-state index is -0.920. The van der Waals surface area contributed by atoms with E-state index >= 15 is 0 Å². The van der Waals surface area contributed by atoms with Crippen LogP contribution in [0.4, 0.5) is 0 Å². The quantitative estimate of drug-likeness (QED) is 0.176. The van der Waals surface area contributed by atoms with E-state index < -0.39 is 29.5 Å². The molecule has 1 aromatic heterocycles. The number of esters is 3. The minimum absolute atomic E-state index is 0.119. The summed E-state index contributed by atoms with van der Waals surface area (Å²) in [6.07, 6.45) is 1.67. The largest absolute Gasteiger partial charge is 0.493 e. The number of rotatable bonds is 14. The van der Waals surface area contributed by atoms with Crippen LogP contribution >= 0.6 is 27.3 Å². The molecule has 3 aromatic rings. The average molecular weight is 748 g/mol. The zero-order chi connectivity index (χ0) is 35.0. The number of carbonyl (C=O) groups excluding carboxylic acids is 3. The van der Waals surface area contributed by atoms with Crippen LogP contribution < -0.4 is 33.8 Å². The van der Waals surface area contributed by atoms with Gasteiger partial charge in [-0.3, -0.25) is 9.36 Å². The summed E-state index contributed by atoms with van der Waals surface area (Å²) in [5.74, 6) is -0.506. The maximum atomic E-state index is 14.1. The Balaban J connectivity index is 1.84. The van der Waals surface area contributed by atoms with Crippen molar-refractivity contribution in [1.82, 2.24) is 4.57 Å². The molecular weight excluding hydrogens is 712 g/mol. The monoisotopic (exact) mass is 746 g/mol. The van der Waals surface area contributed by atoms with Gasteiger partial charge in [0.05, 0.1) is 60.4 Å². The number of hydrogen-bond donors (Lipinski definition) is 0. The van der Waals surface area contributed by atoms with Crippen molar-refractivity contribution in [2.24, 2.45) is 4.99 Å². The molecule has 0 amide bonds. The van der Waals surface area contributed by atoms with E-state index in [4.69, 9.17) is 28.4 Å². The summed E-state index contributed by atoms with van der Waals surface area (Å²) >= 11 is 4.62. The van der Waals surface area contributed by atoms with Gasteiger partial charge in [0.25, 0.3) is 5.56 Å². The van der Waals surface area contributed by atoms with E-state index in [1.807, 2.05) is 0 Å². The number of ether oxygens (including phenoxy) is 7. The maximum Gasteiger partial charge on any atom is 0.344 e. The van der Waals surface area contributed by atoms with Gasteiger partial charge in [-0.1, -0.05) is 17.4 Å². The number of halogens is 1. The van der Waals surface area contributed by atoms with Gasteiger partial charge in [-0.15, -0.1) is 0 Å². The van der Waals surface area contributed by atoms with Crippen molar-refractivity contribution in [3.05, 3.63) is 76.9 Å². The Bertz CT molecular complexity index is 1910. The molecule has 4 rings (SSSR count). The Morgan fingerprint density at radius 1 is 0.917 bits per heavy atom. The molecule has 1 atom stereocenters. The summed E-state index contributed by atoms with van der Waals surface area (Å²) in [5, 5.41) is 0. The van der Waals surface area contributed by atoms with Crippen LogP contribution in [0.5, 0.6) is 23.0 Å². The predicted octanol–water partition coefficient (Wildman–Crippen LogP) is 3.46. The molecule has 0 saturated carbocycles. The topological polar surface area (TPSA) is 150 Å². The first-order valence-electron chi connectivity index (χ1n) is 14.9. The Kier molecular flexibility index (Phi) is 12.4. The van der Waals surface area contributed by atoms with E-state index in [0.29, 0.717) is 47.9 Å². The molecule has 2 heterocycles. The van der Waals surface area contributed by atoms with E-state index in [1.54, 1.807) is 64.1 Å². The molecule has 48 heavy (non-hydrogen) atoms. The van der Waals surface area contributed by atoms with Crippen molar-refractivity contribution in [3.63, 3.8) is 0 Å². The van der Waals surface area contributed by atoms with Crippen LogP contribution in [-0.4, -0.2) is 69.7 Å². The van der Waals surface area contributed by atoms with Crippen LogP contribution in [0.15, 0.2) is 55.9 Å². The number of allylic oxidation sites excluding steroid dienone is 1. The van der Waals surface area contributed by atoms with Crippen LogP contribution in [0.25, 0.3) is 6.08 Å². The highest BCUT2D eigenvalue weighted by Gasteiger charge is 2.34. The van der Waals surface area contributed by atoms with Gasteiger partial charge >= 0.3 is 17.9 Å². The summed E-state index contributed by atoms with van der Waals surface area (Å²) in [6.45, 7) is 6.85. The lowest BCUT2D eigenvalue weighted by Gasteiger charge is -2.25. The Labute approximate surface area is 288 Å². The van der Waals surface area contributed by atoms with Gasteiger partial charge in [0.2, 0.25) is 0 Å². The predicted molar refractivity (Wildman–Crippen MR) is 178 cm³/mol. The second kappa shape index (κ2) is 16.5. The molecule has 0 radical (unpaired) electrons. The molecule has 13 nitrogen and oxygen atoms in total. The highest BCUT2D eigenvalue weighted by Crippen LogP contribution is 2.38. The molecule has 0 saturated heterocycles.